The first-order valence-electron chi connectivity index (χ1n) is 4.48. The van der Waals surface area contributed by atoms with E-state index in [1.165, 1.54) is 0 Å². The average Bonchev–Trinajstić information content (AvgIpc) is 2.02. The first-order chi connectivity index (χ1) is 5.57. The summed E-state index contributed by atoms with van der Waals surface area (Å²) in [7, 11) is 1.93. The summed E-state index contributed by atoms with van der Waals surface area (Å²) >= 11 is 0. The minimum Gasteiger partial charge on any atom is -0.377 e. The van der Waals surface area contributed by atoms with Crippen molar-refractivity contribution >= 4 is 5.84 Å². The summed E-state index contributed by atoms with van der Waals surface area (Å²) < 4.78 is 5.37. The van der Waals surface area contributed by atoms with Crippen molar-refractivity contribution in [3.63, 3.8) is 0 Å². The van der Waals surface area contributed by atoms with Crippen LogP contribution in [0.5, 0.6) is 0 Å². The molecule has 0 saturated heterocycles. The Labute approximate surface area is 75.2 Å². The molecule has 0 radical (unpaired) electrons. The van der Waals surface area contributed by atoms with E-state index < -0.39 is 0 Å². The summed E-state index contributed by atoms with van der Waals surface area (Å²) in [5.41, 5.74) is 0. The van der Waals surface area contributed by atoms with Gasteiger partial charge in [-0.3, -0.25) is 5.41 Å². The maximum atomic E-state index is 7.50. The fourth-order valence-corrected chi connectivity index (χ4v) is 0.830. The Morgan fingerprint density at radius 3 is 2.50 bits per heavy atom. The third-order valence-electron chi connectivity index (χ3n) is 1.67. The number of ether oxygens (including phenoxy) is 1. The van der Waals surface area contributed by atoms with E-state index in [1.807, 2.05) is 32.7 Å². The summed E-state index contributed by atoms with van der Waals surface area (Å²) in [4.78, 5) is 1.92. The van der Waals surface area contributed by atoms with Crippen LogP contribution in [0.25, 0.3) is 0 Å². The first-order valence-corrected chi connectivity index (χ1v) is 4.48. The van der Waals surface area contributed by atoms with Crippen molar-refractivity contribution in [2.45, 2.75) is 33.3 Å². The lowest BCUT2D eigenvalue weighted by Crippen LogP contribution is -2.29. The summed E-state index contributed by atoms with van der Waals surface area (Å²) in [6.07, 6.45) is 1.08. The van der Waals surface area contributed by atoms with Gasteiger partial charge >= 0.3 is 0 Å². The Morgan fingerprint density at radius 1 is 1.50 bits per heavy atom. The van der Waals surface area contributed by atoms with E-state index >= 15 is 0 Å². The molecule has 0 aromatic carbocycles. The van der Waals surface area contributed by atoms with Crippen LogP contribution in [0, 0.1) is 5.41 Å². The van der Waals surface area contributed by atoms with Gasteiger partial charge in [0.15, 0.2) is 0 Å². The predicted octanol–water partition coefficient (Wildman–Crippen LogP) is 1.73. The Hall–Kier alpha value is -0.570. The summed E-state index contributed by atoms with van der Waals surface area (Å²) in [5, 5.41) is 7.50. The molecule has 0 aromatic rings. The van der Waals surface area contributed by atoms with Crippen LogP contribution in [0.3, 0.4) is 0 Å². The highest BCUT2D eigenvalue weighted by Crippen LogP contribution is 1.92. The van der Waals surface area contributed by atoms with Gasteiger partial charge in [0, 0.05) is 20.0 Å². The molecule has 0 bridgehead atoms. The molecule has 0 rings (SSSR count). The van der Waals surface area contributed by atoms with Crippen molar-refractivity contribution < 1.29 is 4.74 Å². The van der Waals surface area contributed by atoms with E-state index in [0.717, 1.165) is 13.0 Å². The number of rotatable bonds is 5. The molecule has 0 aliphatic heterocycles. The lowest BCUT2D eigenvalue weighted by Gasteiger charge is -2.19. The number of nitrogens with one attached hydrogen (secondary N) is 1. The van der Waals surface area contributed by atoms with Crippen LogP contribution in [0.1, 0.15) is 27.2 Å². The van der Waals surface area contributed by atoms with E-state index in [9.17, 15) is 0 Å². The van der Waals surface area contributed by atoms with Gasteiger partial charge in [-0.25, -0.2) is 0 Å². The quantitative estimate of drug-likeness (QED) is 0.506. The molecule has 0 fully saturated rings. The van der Waals surface area contributed by atoms with Gasteiger partial charge in [-0.15, -0.1) is 0 Å². The Kier molecular flexibility index (Phi) is 5.72. The second-order valence-corrected chi connectivity index (χ2v) is 3.14. The SMILES string of the molecule is CCC(=N)N(C)CCOC(C)C. The maximum Gasteiger partial charge on any atom is 0.0953 e. The Bertz CT molecular complexity index is 134. The number of hydrogen-bond acceptors (Lipinski definition) is 2. The van der Waals surface area contributed by atoms with E-state index in [0.29, 0.717) is 12.4 Å². The highest BCUT2D eigenvalue weighted by Gasteiger charge is 2.01. The van der Waals surface area contributed by atoms with Gasteiger partial charge in [0.2, 0.25) is 0 Å². The van der Waals surface area contributed by atoms with Crippen LogP contribution in [0.15, 0.2) is 0 Å². The van der Waals surface area contributed by atoms with Gasteiger partial charge in [0.1, 0.15) is 0 Å². The number of nitrogens with zero attached hydrogens (tertiary/aromatic N) is 1. The minimum absolute atomic E-state index is 0.286. The molecule has 1 N–H and O–H groups in total. The molecule has 3 heteroatoms. The van der Waals surface area contributed by atoms with Crippen LogP contribution in [0.4, 0.5) is 0 Å². The molecule has 72 valence electrons. The average molecular weight is 172 g/mol. The standard InChI is InChI=1S/C9H20N2O/c1-5-9(10)11(4)6-7-12-8(2)3/h8,10H,5-7H2,1-4H3. The fourth-order valence-electron chi connectivity index (χ4n) is 0.830. The molecule has 12 heavy (non-hydrogen) atoms. The van der Waals surface area contributed by atoms with E-state index in [1.54, 1.807) is 0 Å². The maximum absolute atomic E-state index is 7.50. The topological polar surface area (TPSA) is 36.3 Å². The van der Waals surface area contributed by atoms with Crippen LogP contribution < -0.4 is 0 Å². The highest BCUT2D eigenvalue weighted by molar-refractivity contribution is 5.78. The smallest absolute Gasteiger partial charge is 0.0953 e. The molecular weight excluding hydrogens is 152 g/mol. The molecule has 0 amide bonds. The van der Waals surface area contributed by atoms with Crippen LogP contribution in [0.2, 0.25) is 0 Å². The first kappa shape index (κ1) is 11.4. The summed E-state index contributed by atoms with van der Waals surface area (Å²) in [6, 6.07) is 0. The second-order valence-electron chi connectivity index (χ2n) is 3.14. The third-order valence-corrected chi connectivity index (χ3v) is 1.67. The van der Waals surface area contributed by atoms with Crippen LogP contribution in [-0.2, 0) is 4.74 Å². The zero-order chi connectivity index (χ0) is 9.56. The summed E-state index contributed by atoms with van der Waals surface area (Å²) in [6.45, 7) is 7.54. The lowest BCUT2D eigenvalue weighted by molar-refractivity contribution is 0.0722. The molecule has 0 aliphatic rings. The van der Waals surface area contributed by atoms with E-state index in [-0.39, 0.29) is 6.10 Å². The van der Waals surface area contributed by atoms with Crippen molar-refractivity contribution in [3.05, 3.63) is 0 Å². The van der Waals surface area contributed by atoms with Gasteiger partial charge < -0.3 is 9.64 Å². The molecule has 0 saturated carbocycles. The van der Waals surface area contributed by atoms with Crippen LogP contribution in [-0.4, -0.2) is 37.0 Å². The second kappa shape index (κ2) is 6.00. The summed E-state index contributed by atoms with van der Waals surface area (Å²) in [5.74, 6) is 0.669. The van der Waals surface area contributed by atoms with Gasteiger partial charge in [0.05, 0.1) is 18.5 Å². The largest absolute Gasteiger partial charge is 0.377 e. The van der Waals surface area contributed by atoms with Gasteiger partial charge in [-0.1, -0.05) is 6.92 Å². The molecule has 3 nitrogen and oxygen atoms in total. The predicted molar refractivity (Wildman–Crippen MR) is 51.7 cm³/mol. The van der Waals surface area contributed by atoms with Crippen molar-refractivity contribution in [2.75, 3.05) is 20.2 Å². The highest BCUT2D eigenvalue weighted by atomic mass is 16.5. The van der Waals surface area contributed by atoms with Gasteiger partial charge in [-0.05, 0) is 13.8 Å². The molecule has 0 heterocycles. The molecule has 0 unspecified atom stereocenters. The monoisotopic (exact) mass is 172 g/mol. The third kappa shape index (κ3) is 5.13. The minimum atomic E-state index is 0.286. The van der Waals surface area contributed by atoms with Crippen molar-refractivity contribution in [1.82, 2.24) is 4.90 Å². The molecule has 0 atom stereocenters. The molecule has 0 aliphatic carbocycles. The van der Waals surface area contributed by atoms with E-state index in [4.69, 9.17) is 10.1 Å². The van der Waals surface area contributed by atoms with Crippen molar-refractivity contribution in [2.24, 2.45) is 0 Å². The number of likely N-dealkylation sites (N-methyl/N-ethyl adjacent to an activating group) is 1. The van der Waals surface area contributed by atoms with Crippen molar-refractivity contribution in [3.8, 4) is 0 Å². The lowest BCUT2D eigenvalue weighted by atomic mass is 10.4. The fraction of sp³-hybridized carbons (Fsp3) is 0.889. The Balaban J connectivity index is 3.43. The van der Waals surface area contributed by atoms with Crippen LogP contribution >= 0.6 is 0 Å². The number of hydrogen-bond donors (Lipinski definition) is 1. The van der Waals surface area contributed by atoms with E-state index in [2.05, 4.69) is 0 Å². The van der Waals surface area contributed by atoms with Crippen molar-refractivity contribution in [1.29, 1.82) is 5.41 Å². The zero-order valence-corrected chi connectivity index (χ0v) is 8.55. The van der Waals surface area contributed by atoms with Gasteiger partial charge in [-0.2, -0.15) is 0 Å². The molecule has 0 spiro atoms. The van der Waals surface area contributed by atoms with Gasteiger partial charge in [0.25, 0.3) is 0 Å². The number of amidine groups is 1. The molecular formula is C9H20N2O. The normalized spacial score (nSPS) is 10.4. The zero-order valence-electron chi connectivity index (χ0n) is 8.55. The molecule has 0 aromatic heterocycles. The Morgan fingerprint density at radius 2 is 2.08 bits per heavy atom.